The minimum absolute atomic E-state index is 0.0407. The smallest absolute Gasteiger partial charge is 0.246 e. The number of benzene rings is 1. The lowest BCUT2D eigenvalue weighted by atomic mass is 10.1. The van der Waals surface area contributed by atoms with Crippen molar-refractivity contribution < 1.29 is 13.7 Å². The zero-order valence-corrected chi connectivity index (χ0v) is 8.04. The van der Waals surface area contributed by atoms with Crippen LogP contribution in [0.15, 0.2) is 23.9 Å². The minimum atomic E-state index is -1.01. The molecule has 1 aromatic rings. The van der Waals surface area contributed by atoms with Gasteiger partial charge in [-0.2, -0.15) is 0 Å². The molecule has 15 heavy (non-hydrogen) atoms. The second-order valence-electron chi connectivity index (χ2n) is 2.92. The Morgan fingerprint density at radius 2 is 2.13 bits per heavy atom. The van der Waals surface area contributed by atoms with Gasteiger partial charge >= 0.3 is 0 Å². The van der Waals surface area contributed by atoms with E-state index in [1.807, 2.05) is 0 Å². The molecule has 0 aromatic heterocycles. The summed E-state index contributed by atoms with van der Waals surface area (Å²) in [5.41, 5.74) is 0.239. The molecule has 5 heteroatoms. The molecule has 0 saturated carbocycles. The third kappa shape index (κ3) is 2.83. The van der Waals surface area contributed by atoms with Gasteiger partial charge in [0.1, 0.15) is 0 Å². The molecule has 0 aliphatic carbocycles. The van der Waals surface area contributed by atoms with Gasteiger partial charge in [-0.25, -0.2) is 8.78 Å². The Balaban J connectivity index is 3.07. The van der Waals surface area contributed by atoms with E-state index in [-0.39, 0.29) is 17.7 Å². The molecule has 80 valence electrons. The summed E-state index contributed by atoms with van der Waals surface area (Å²) >= 11 is 0. The molecule has 0 N–H and O–H groups in total. The van der Waals surface area contributed by atoms with Crippen molar-refractivity contribution in [2.75, 3.05) is 0 Å². The standard InChI is InChI=1S/C10H9F2NO2/c1-2-8(13(14)15)5-7-3-4-9(11)10(12)6-7/h3-6H,2H2,1H3. The second kappa shape index (κ2) is 4.63. The van der Waals surface area contributed by atoms with E-state index in [2.05, 4.69) is 0 Å². The third-order valence-corrected chi connectivity index (χ3v) is 1.87. The van der Waals surface area contributed by atoms with Crippen LogP contribution in [0.4, 0.5) is 8.78 Å². The Morgan fingerprint density at radius 3 is 2.60 bits per heavy atom. The van der Waals surface area contributed by atoms with Crippen molar-refractivity contribution in [3.05, 3.63) is 51.2 Å². The Bertz CT molecular complexity index is 416. The van der Waals surface area contributed by atoms with Crippen LogP contribution in [0.25, 0.3) is 6.08 Å². The molecule has 0 fully saturated rings. The maximum Gasteiger partial charge on any atom is 0.246 e. The molecule has 1 aromatic carbocycles. The van der Waals surface area contributed by atoms with E-state index in [0.29, 0.717) is 0 Å². The molecule has 0 aliphatic heterocycles. The van der Waals surface area contributed by atoms with Crippen LogP contribution in [-0.4, -0.2) is 4.92 Å². The van der Waals surface area contributed by atoms with Crippen molar-refractivity contribution in [1.82, 2.24) is 0 Å². The Labute approximate surface area is 85.2 Å². The highest BCUT2D eigenvalue weighted by Crippen LogP contribution is 2.13. The molecule has 0 amide bonds. The number of hydrogen-bond donors (Lipinski definition) is 0. The second-order valence-corrected chi connectivity index (χ2v) is 2.92. The molecule has 0 bridgehead atoms. The van der Waals surface area contributed by atoms with E-state index in [1.165, 1.54) is 12.1 Å². The van der Waals surface area contributed by atoms with Gasteiger partial charge in [0.25, 0.3) is 0 Å². The molecule has 0 aliphatic rings. The van der Waals surface area contributed by atoms with Gasteiger partial charge in [0.15, 0.2) is 11.6 Å². The molecular weight excluding hydrogens is 204 g/mol. The van der Waals surface area contributed by atoms with Crippen molar-refractivity contribution >= 4 is 6.08 Å². The molecule has 0 spiro atoms. The zero-order valence-electron chi connectivity index (χ0n) is 8.04. The molecule has 3 nitrogen and oxygen atoms in total. The first-order valence-corrected chi connectivity index (χ1v) is 4.34. The van der Waals surface area contributed by atoms with E-state index in [1.54, 1.807) is 6.92 Å². The predicted octanol–water partition coefficient (Wildman–Crippen LogP) is 2.99. The lowest BCUT2D eigenvalue weighted by Gasteiger charge is -1.97. The summed E-state index contributed by atoms with van der Waals surface area (Å²) in [7, 11) is 0. The van der Waals surface area contributed by atoms with Gasteiger partial charge in [0, 0.05) is 12.5 Å². The summed E-state index contributed by atoms with van der Waals surface area (Å²) in [6.45, 7) is 1.62. The van der Waals surface area contributed by atoms with Gasteiger partial charge in [0.05, 0.1) is 4.92 Å². The normalized spacial score (nSPS) is 11.5. The predicted molar refractivity (Wildman–Crippen MR) is 51.6 cm³/mol. The van der Waals surface area contributed by atoms with Gasteiger partial charge < -0.3 is 0 Å². The third-order valence-electron chi connectivity index (χ3n) is 1.87. The van der Waals surface area contributed by atoms with Crippen LogP contribution in [-0.2, 0) is 0 Å². The first-order chi connectivity index (χ1) is 7.04. The Hall–Kier alpha value is -1.78. The maximum atomic E-state index is 12.8. The van der Waals surface area contributed by atoms with Crippen molar-refractivity contribution in [3.63, 3.8) is 0 Å². The maximum absolute atomic E-state index is 12.8. The number of rotatable bonds is 3. The van der Waals surface area contributed by atoms with Crippen molar-refractivity contribution in [2.24, 2.45) is 0 Å². The SMILES string of the molecule is CCC(=Cc1ccc(F)c(F)c1)[N+](=O)[O-]. The van der Waals surface area contributed by atoms with Crippen LogP contribution in [0.3, 0.4) is 0 Å². The summed E-state index contributed by atoms with van der Waals surface area (Å²) < 4.78 is 25.3. The van der Waals surface area contributed by atoms with Gasteiger partial charge in [-0.15, -0.1) is 0 Å². The van der Waals surface area contributed by atoms with Gasteiger partial charge in [0.2, 0.25) is 5.70 Å². The van der Waals surface area contributed by atoms with Crippen LogP contribution in [0, 0.1) is 21.7 Å². The lowest BCUT2D eigenvalue weighted by Crippen LogP contribution is -1.96. The summed E-state index contributed by atoms with van der Waals surface area (Å²) in [4.78, 5) is 9.92. The van der Waals surface area contributed by atoms with E-state index in [0.717, 1.165) is 12.1 Å². The number of halogens is 2. The largest absolute Gasteiger partial charge is 0.259 e. The highest BCUT2D eigenvalue weighted by molar-refractivity contribution is 5.50. The van der Waals surface area contributed by atoms with Crippen LogP contribution in [0.1, 0.15) is 18.9 Å². The van der Waals surface area contributed by atoms with Gasteiger partial charge in [-0.3, -0.25) is 10.1 Å². The van der Waals surface area contributed by atoms with Crippen LogP contribution >= 0.6 is 0 Å². The molecular formula is C10H9F2NO2. The molecule has 0 radical (unpaired) electrons. The summed E-state index contributed by atoms with van der Waals surface area (Å²) in [6.07, 6.45) is 1.45. The first kappa shape index (κ1) is 11.3. The molecule has 0 heterocycles. The lowest BCUT2D eigenvalue weighted by molar-refractivity contribution is -0.425. The minimum Gasteiger partial charge on any atom is -0.259 e. The molecule has 0 saturated heterocycles. The monoisotopic (exact) mass is 213 g/mol. The van der Waals surface area contributed by atoms with E-state index >= 15 is 0 Å². The van der Waals surface area contributed by atoms with Crippen LogP contribution < -0.4 is 0 Å². The summed E-state index contributed by atoms with van der Waals surface area (Å²) in [5, 5.41) is 10.5. The number of allylic oxidation sites excluding steroid dienone is 1. The van der Waals surface area contributed by atoms with E-state index in [4.69, 9.17) is 0 Å². The van der Waals surface area contributed by atoms with Crippen LogP contribution in [0.5, 0.6) is 0 Å². The Kier molecular flexibility index (Phi) is 3.49. The summed E-state index contributed by atoms with van der Waals surface area (Å²) in [5.74, 6) is -1.98. The van der Waals surface area contributed by atoms with Crippen LogP contribution in [0.2, 0.25) is 0 Å². The highest BCUT2D eigenvalue weighted by atomic mass is 19.2. The van der Waals surface area contributed by atoms with E-state index in [9.17, 15) is 18.9 Å². The fraction of sp³-hybridized carbons (Fsp3) is 0.200. The fourth-order valence-corrected chi connectivity index (χ4v) is 1.08. The Morgan fingerprint density at radius 1 is 1.47 bits per heavy atom. The number of nitro groups is 1. The van der Waals surface area contributed by atoms with Gasteiger partial charge in [-0.1, -0.05) is 13.0 Å². The molecule has 0 atom stereocenters. The van der Waals surface area contributed by atoms with Gasteiger partial charge in [-0.05, 0) is 17.7 Å². The molecule has 0 unspecified atom stereocenters. The highest BCUT2D eigenvalue weighted by Gasteiger charge is 2.08. The number of hydrogen-bond acceptors (Lipinski definition) is 2. The first-order valence-electron chi connectivity index (χ1n) is 4.34. The fourth-order valence-electron chi connectivity index (χ4n) is 1.08. The molecule has 1 rings (SSSR count). The van der Waals surface area contributed by atoms with Crippen molar-refractivity contribution in [1.29, 1.82) is 0 Å². The average molecular weight is 213 g/mol. The average Bonchev–Trinajstić information content (AvgIpc) is 2.19. The van der Waals surface area contributed by atoms with Crippen molar-refractivity contribution in [2.45, 2.75) is 13.3 Å². The van der Waals surface area contributed by atoms with Crippen molar-refractivity contribution in [3.8, 4) is 0 Å². The van der Waals surface area contributed by atoms with E-state index < -0.39 is 16.6 Å². The topological polar surface area (TPSA) is 43.1 Å². The quantitative estimate of drug-likeness (QED) is 0.572. The number of nitrogens with zero attached hydrogens (tertiary/aromatic N) is 1. The summed E-state index contributed by atoms with van der Waals surface area (Å²) in [6, 6.07) is 3.15. The zero-order chi connectivity index (χ0) is 11.4.